The smallest absolute Gasteiger partial charge is 0.216 e. The highest BCUT2D eigenvalue weighted by atomic mass is 32.1. The molecule has 0 radical (unpaired) electrons. The minimum atomic E-state index is -0.100. The molecule has 4 aromatic rings. The van der Waals surface area contributed by atoms with E-state index in [0.717, 1.165) is 30.7 Å². The van der Waals surface area contributed by atoms with Gasteiger partial charge < -0.3 is 9.15 Å². The summed E-state index contributed by atoms with van der Waals surface area (Å²) in [5, 5.41) is 16.4. The summed E-state index contributed by atoms with van der Waals surface area (Å²) in [4.78, 5) is 0. The van der Waals surface area contributed by atoms with Gasteiger partial charge in [0.1, 0.15) is 11.8 Å². The van der Waals surface area contributed by atoms with E-state index in [0.29, 0.717) is 22.0 Å². The summed E-state index contributed by atoms with van der Waals surface area (Å²) in [7, 11) is 0. The largest absolute Gasteiger partial charge is 0.463 e. The number of nitrogens with zero attached hydrogens (tertiary/aromatic N) is 5. The van der Waals surface area contributed by atoms with Crippen molar-refractivity contribution in [2.75, 3.05) is 6.61 Å². The van der Waals surface area contributed by atoms with Crippen molar-refractivity contribution >= 4 is 18.4 Å². The molecular weight excluding hydrogens is 388 g/mol. The molecule has 1 saturated heterocycles. The molecule has 1 atom stereocenters. The molecule has 8 nitrogen and oxygen atoms in total. The van der Waals surface area contributed by atoms with E-state index in [2.05, 4.69) is 15.3 Å². The van der Waals surface area contributed by atoms with Crippen LogP contribution in [0, 0.1) is 4.77 Å². The number of aromatic nitrogens is 5. The van der Waals surface area contributed by atoms with Gasteiger partial charge in [0.05, 0.1) is 18.2 Å². The fraction of sp³-hybridized carbons (Fsp3) is 0.200. The van der Waals surface area contributed by atoms with Crippen LogP contribution in [-0.4, -0.2) is 37.5 Å². The molecule has 0 bridgehead atoms. The standard InChI is InChI=1S/C20H18N6O2S/c29-20-23-22-19(17-9-5-11-28-17)26(20)21-12-14-13-25(15-6-2-1-3-7-15)24-18(14)16-8-4-10-27-16/h1-4,6-8,10,12-13,17H,5,9,11H2,(H,23,29)/b21-12-/t17-/m0/s1. The van der Waals surface area contributed by atoms with Gasteiger partial charge in [0.25, 0.3) is 0 Å². The maximum absolute atomic E-state index is 5.73. The van der Waals surface area contributed by atoms with Gasteiger partial charge in [-0.25, -0.2) is 4.68 Å². The lowest BCUT2D eigenvalue weighted by Gasteiger charge is -2.07. The molecule has 0 unspecified atom stereocenters. The van der Waals surface area contributed by atoms with Gasteiger partial charge in [0.2, 0.25) is 4.77 Å². The maximum atomic E-state index is 5.73. The van der Waals surface area contributed by atoms with Crippen molar-refractivity contribution < 1.29 is 9.15 Å². The Bertz CT molecular complexity index is 1180. The van der Waals surface area contributed by atoms with Gasteiger partial charge in [-0.05, 0) is 49.3 Å². The van der Waals surface area contributed by atoms with Crippen LogP contribution in [0.15, 0.2) is 64.4 Å². The van der Waals surface area contributed by atoms with E-state index >= 15 is 0 Å². The van der Waals surface area contributed by atoms with Crippen LogP contribution in [0.25, 0.3) is 17.1 Å². The van der Waals surface area contributed by atoms with Crippen LogP contribution < -0.4 is 0 Å². The third-order valence-electron chi connectivity index (χ3n) is 4.72. The summed E-state index contributed by atoms with van der Waals surface area (Å²) in [5.74, 6) is 1.34. The Kier molecular flexibility index (Phi) is 4.66. The molecule has 1 aliphatic rings. The van der Waals surface area contributed by atoms with Crippen molar-refractivity contribution in [3.63, 3.8) is 0 Å². The molecule has 9 heteroatoms. The summed E-state index contributed by atoms with van der Waals surface area (Å²) in [6.07, 6.45) is 7.05. The average Bonchev–Trinajstić information content (AvgIpc) is 3.53. The monoisotopic (exact) mass is 406 g/mol. The summed E-state index contributed by atoms with van der Waals surface area (Å²) in [5.41, 5.74) is 2.43. The lowest BCUT2D eigenvalue weighted by molar-refractivity contribution is 0.102. The van der Waals surface area contributed by atoms with Gasteiger partial charge in [-0.1, -0.05) is 18.2 Å². The highest BCUT2D eigenvalue weighted by Gasteiger charge is 2.23. The number of para-hydroxylation sites is 1. The van der Waals surface area contributed by atoms with Crippen molar-refractivity contribution in [1.82, 2.24) is 24.7 Å². The van der Waals surface area contributed by atoms with Gasteiger partial charge in [-0.2, -0.15) is 20.0 Å². The topological polar surface area (TPSA) is 86.2 Å². The molecule has 1 N–H and O–H groups in total. The van der Waals surface area contributed by atoms with Crippen molar-refractivity contribution in [2.24, 2.45) is 5.10 Å². The second-order valence-corrected chi connectivity index (χ2v) is 7.02. The van der Waals surface area contributed by atoms with E-state index in [1.807, 2.05) is 48.7 Å². The average molecular weight is 406 g/mol. The zero-order chi connectivity index (χ0) is 19.6. The number of nitrogens with one attached hydrogen (secondary N) is 1. The van der Waals surface area contributed by atoms with E-state index < -0.39 is 0 Å². The second kappa shape index (κ2) is 7.61. The first-order valence-electron chi connectivity index (χ1n) is 9.32. The highest BCUT2D eigenvalue weighted by molar-refractivity contribution is 7.71. The van der Waals surface area contributed by atoms with Gasteiger partial charge in [0, 0.05) is 18.4 Å². The number of aromatic amines is 1. The quantitative estimate of drug-likeness (QED) is 0.398. The molecule has 4 heterocycles. The normalized spacial score (nSPS) is 16.8. The Hall–Kier alpha value is -3.30. The third-order valence-corrected chi connectivity index (χ3v) is 4.99. The second-order valence-electron chi connectivity index (χ2n) is 6.64. The minimum absolute atomic E-state index is 0.100. The number of rotatable bonds is 5. The van der Waals surface area contributed by atoms with Crippen LogP contribution in [-0.2, 0) is 4.74 Å². The zero-order valence-corrected chi connectivity index (χ0v) is 16.2. The van der Waals surface area contributed by atoms with Crippen LogP contribution in [0.4, 0.5) is 0 Å². The van der Waals surface area contributed by atoms with Crippen molar-refractivity contribution in [1.29, 1.82) is 0 Å². The van der Waals surface area contributed by atoms with Gasteiger partial charge in [-0.15, -0.1) is 0 Å². The van der Waals surface area contributed by atoms with E-state index in [-0.39, 0.29) is 6.10 Å². The molecule has 146 valence electrons. The number of hydrogen-bond donors (Lipinski definition) is 1. The van der Waals surface area contributed by atoms with Gasteiger partial charge in [-0.3, -0.25) is 5.10 Å². The fourth-order valence-electron chi connectivity index (χ4n) is 3.32. The van der Waals surface area contributed by atoms with E-state index in [1.165, 1.54) is 0 Å². The maximum Gasteiger partial charge on any atom is 0.216 e. The minimum Gasteiger partial charge on any atom is -0.463 e. The van der Waals surface area contributed by atoms with Gasteiger partial charge >= 0.3 is 0 Å². The number of H-pyrrole nitrogens is 1. The molecule has 29 heavy (non-hydrogen) atoms. The molecule has 1 fully saturated rings. The molecule has 0 aliphatic carbocycles. The lowest BCUT2D eigenvalue weighted by Crippen LogP contribution is -2.05. The van der Waals surface area contributed by atoms with Crippen molar-refractivity contribution in [2.45, 2.75) is 18.9 Å². The molecule has 3 aromatic heterocycles. The van der Waals surface area contributed by atoms with Crippen LogP contribution in [0.5, 0.6) is 0 Å². The summed E-state index contributed by atoms with van der Waals surface area (Å²) >= 11 is 5.35. The Morgan fingerprint density at radius 2 is 2.10 bits per heavy atom. The molecular formula is C20H18N6O2S. The predicted octanol–water partition coefficient (Wildman–Crippen LogP) is 4.12. The number of benzene rings is 1. The molecule has 1 aromatic carbocycles. The number of furan rings is 1. The molecule has 1 aliphatic heterocycles. The Morgan fingerprint density at radius 1 is 1.21 bits per heavy atom. The van der Waals surface area contributed by atoms with Crippen LogP contribution in [0.3, 0.4) is 0 Å². The van der Waals surface area contributed by atoms with Crippen LogP contribution >= 0.6 is 12.2 Å². The predicted molar refractivity (Wildman–Crippen MR) is 110 cm³/mol. The van der Waals surface area contributed by atoms with Crippen molar-refractivity contribution in [3.05, 3.63) is 71.1 Å². The van der Waals surface area contributed by atoms with E-state index in [1.54, 1.807) is 21.8 Å². The third kappa shape index (κ3) is 3.45. The fourth-order valence-corrected chi connectivity index (χ4v) is 3.51. The summed E-state index contributed by atoms with van der Waals surface area (Å²) in [6.45, 7) is 0.723. The number of hydrogen-bond acceptors (Lipinski definition) is 6. The zero-order valence-electron chi connectivity index (χ0n) is 15.4. The molecule has 0 saturated carbocycles. The molecule has 0 spiro atoms. The van der Waals surface area contributed by atoms with Crippen LogP contribution in [0.2, 0.25) is 0 Å². The first-order chi connectivity index (χ1) is 14.3. The summed E-state index contributed by atoms with van der Waals surface area (Å²) < 4.78 is 15.1. The van der Waals surface area contributed by atoms with Gasteiger partial charge in [0.15, 0.2) is 11.6 Å². The lowest BCUT2D eigenvalue weighted by atomic mass is 10.2. The molecule has 5 rings (SSSR count). The van der Waals surface area contributed by atoms with E-state index in [4.69, 9.17) is 26.5 Å². The van der Waals surface area contributed by atoms with E-state index in [9.17, 15) is 0 Å². The first kappa shape index (κ1) is 17.8. The first-order valence-corrected chi connectivity index (χ1v) is 9.72. The Labute approximate surface area is 171 Å². The number of ether oxygens (including phenoxy) is 1. The molecule has 0 amide bonds. The Morgan fingerprint density at radius 3 is 2.86 bits per heavy atom. The SMILES string of the molecule is S=c1[nH]nc([C@@H]2CCCO2)n1/N=C\c1cn(-c2ccccc2)nc1-c1ccco1. The Balaban J connectivity index is 1.55. The van der Waals surface area contributed by atoms with Crippen molar-refractivity contribution in [3.8, 4) is 17.1 Å². The highest BCUT2D eigenvalue weighted by Crippen LogP contribution is 2.27. The van der Waals surface area contributed by atoms with Crippen LogP contribution in [0.1, 0.15) is 30.3 Å². The summed E-state index contributed by atoms with van der Waals surface area (Å²) in [6, 6.07) is 13.6.